The van der Waals surface area contributed by atoms with Gasteiger partial charge in [-0.1, -0.05) is 50.8 Å². The topological polar surface area (TPSA) is 131 Å². The number of nitrogens with zero attached hydrogens (tertiary/aromatic N) is 6. The third-order valence-electron chi connectivity index (χ3n) is 10.3. The van der Waals surface area contributed by atoms with Crippen LogP contribution in [0, 0.1) is 11.8 Å². The molecule has 1 saturated carbocycles. The number of ether oxygens (including phenoxy) is 3. The SMILES string of the molecule is C=C(F)C(=O)N1CC(OC(=O)N2CC3CCC(C2)C3Nc2cc(O[C@@H]3CCCN(C(=O)OCc4ccccc4)C3)nc3c(C(C)C)cnn23)C1. The molecule has 4 fully saturated rings. The van der Waals surface area contributed by atoms with Gasteiger partial charge in [0.15, 0.2) is 11.5 Å². The Kier molecular flexibility index (Phi) is 9.52. The first kappa shape index (κ1) is 33.6. The molecule has 4 aliphatic rings. The molecule has 0 radical (unpaired) electrons. The molecule has 266 valence electrons. The summed E-state index contributed by atoms with van der Waals surface area (Å²) in [6.07, 6.45) is 3.88. The van der Waals surface area contributed by atoms with Gasteiger partial charge in [0.2, 0.25) is 5.88 Å². The molecule has 3 saturated heterocycles. The number of hydrogen-bond acceptors (Lipinski definition) is 9. The number of piperidine rings is 2. The van der Waals surface area contributed by atoms with Gasteiger partial charge >= 0.3 is 12.2 Å². The predicted molar refractivity (Wildman–Crippen MR) is 181 cm³/mol. The van der Waals surface area contributed by atoms with E-state index < -0.39 is 23.9 Å². The van der Waals surface area contributed by atoms with E-state index in [1.54, 1.807) is 9.80 Å². The van der Waals surface area contributed by atoms with E-state index in [9.17, 15) is 18.8 Å². The second kappa shape index (κ2) is 14.2. The molecule has 14 heteroatoms. The summed E-state index contributed by atoms with van der Waals surface area (Å²) < 4.78 is 32.7. The van der Waals surface area contributed by atoms with Crippen molar-refractivity contribution < 1.29 is 33.0 Å². The maximum atomic E-state index is 13.2. The summed E-state index contributed by atoms with van der Waals surface area (Å²) in [5, 5.41) is 8.45. The lowest BCUT2D eigenvalue weighted by molar-refractivity contribution is -0.139. The summed E-state index contributed by atoms with van der Waals surface area (Å²) >= 11 is 0. The van der Waals surface area contributed by atoms with Gasteiger partial charge in [-0.15, -0.1) is 0 Å². The molecule has 5 heterocycles. The lowest BCUT2D eigenvalue weighted by atomic mass is 9.92. The van der Waals surface area contributed by atoms with E-state index >= 15 is 0 Å². The highest BCUT2D eigenvalue weighted by atomic mass is 19.1. The van der Waals surface area contributed by atoms with Gasteiger partial charge in [0.1, 0.15) is 24.6 Å². The monoisotopic (exact) mass is 689 g/mol. The van der Waals surface area contributed by atoms with Gasteiger partial charge in [-0.05, 0) is 49.0 Å². The highest BCUT2D eigenvalue weighted by molar-refractivity contribution is 5.91. The van der Waals surface area contributed by atoms with Crippen LogP contribution in [0.15, 0.2) is 55.0 Å². The smallest absolute Gasteiger partial charge is 0.410 e. The Morgan fingerprint density at radius 3 is 2.38 bits per heavy atom. The van der Waals surface area contributed by atoms with E-state index in [1.807, 2.05) is 47.1 Å². The first-order valence-corrected chi connectivity index (χ1v) is 17.5. The van der Waals surface area contributed by atoms with Crippen LogP contribution in [-0.4, -0.2) is 105 Å². The van der Waals surface area contributed by atoms with E-state index in [0.29, 0.717) is 37.7 Å². The van der Waals surface area contributed by atoms with Crippen LogP contribution in [0.5, 0.6) is 5.88 Å². The Morgan fingerprint density at radius 1 is 0.960 bits per heavy atom. The van der Waals surface area contributed by atoms with Crippen molar-refractivity contribution in [2.24, 2.45) is 11.8 Å². The van der Waals surface area contributed by atoms with Crippen LogP contribution in [0.4, 0.5) is 19.8 Å². The van der Waals surface area contributed by atoms with Crippen molar-refractivity contribution in [2.75, 3.05) is 44.6 Å². The van der Waals surface area contributed by atoms with E-state index in [4.69, 9.17) is 24.3 Å². The molecule has 0 spiro atoms. The fourth-order valence-electron chi connectivity index (χ4n) is 7.55. The second-order valence-electron chi connectivity index (χ2n) is 14.1. The highest BCUT2D eigenvalue weighted by Crippen LogP contribution is 2.40. The maximum absolute atomic E-state index is 13.2. The number of benzene rings is 1. The Hall–Kier alpha value is -4.88. The predicted octanol–water partition coefficient (Wildman–Crippen LogP) is 4.99. The van der Waals surface area contributed by atoms with Crippen LogP contribution in [0.2, 0.25) is 0 Å². The Morgan fingerprint density at radius 2 is 1.68 bits per heavy atom. The highest BCUT2D eigenvalue weighted by Gasteiger charge is 2.45. The molecule has 13 nitrogen and oxygen atoms in total. The minimum Gasteiger partial charge on any atom is -0.472 e. The molecular formula is C36H44FN7O6. The van der Waals surface area contributed by atoms with Crippen molar-refractivity contribution in [3.8, 4) is 5.88 Å². The largest absolute Gasteiger partial charge is 0.472 e. The molecule has 2 aromatic heterocycles. The Bertz CT molecular complexity index is 1730. The molecule has 3 aliphatic heterocycles. The second-order valence-corrected chi connectivity index (χ2v) is 14.1. The van der Waals surface area contributed by atoms with E-state index in [2.05, 4.69) is 25.7 Å². The lowest BCUT2D eigenvalue weighted by Gasteiger charge is -2.41. The molecule has 1 N–H and O–H groups in total. The fraction of sp³-hybridized carbons (Fsp3) is 0.528. The zero-order valence-electron chi connectivity index (χ0n) is 28.5. The molecule has 3 aromatic rings. The van der Waals surface area contributed by atoms with Crippen LogP contribution in [-0.2, 0) is 20.9 Å². The van der Waals surface area contributed by atoms with Gasteiger partial charge in [-0.3, -0.25) is 4.79 Å². The quantitative estimate of drug-likeness (QED) is 0.309. The molecule has 3 atom stereocenters. The average molecular weight is 690 g/mol. The van der Waals surface area contributed by atoms with E-state index in [0.717, 1.165) is 42.6 Å². The number of fused-ring (bicyclic) bond motifs is 3. The van der Waals surface area contributed by atoms with Gasteiger partial charge in [-0.2, -0.15) is 14.6 Å². The van der Waals surface area contributed by atoms with Gasteiger partial charge in [0.25, 0.3) is 5.91 Å². The van der Waals surface area contributed by atoms with Crippen LogP contribution >= 0.6 is 0 Å². The zero-order valence-corrected chi connectivity index (χ0v) is 28.5. The minimum atomic E-state index is -1.01. The van der Waals surface area contributed by atoms with Crippen molar-refractivity contribution in [3.05, 3.63) is 66.1 Å². The van der Waals surface area contributed by atoms with Crippen molar-refractivity contribution in [1.82, 2.24) is 29.3 Å². The normalized spacial score (nSPS) is 23.5. The van der Waals surface area contributed by atoms with Gasteiger partial charge < -0.3 is 34.2 Å². The van der Waals surface area contributed by atoms with Crippen molar-refractivity contribution >= 4 is 29.6 Å². The number of amides is 3. The van der Waals surface area contributed by atoms with E-state index in [-0.39, 0.29) is 55.7 Å². The molecule has 1 aliphatic carbocycles. The Labute approximate surface area is 290 Å². The zero-order chi connectivity index (χ0) is 34.9. The first-order valence-electron chi connectivity index (χ1n) is 17.5. The summed E-state index contributed by atoms with van der Waals surface area (Å²) in [5.74, 6) is 0.0183. The summed E-state index contributed by atoms with van der Waals surface area (Å²) in [4.78, 5) is 47.3. The van der Waals surface area contributed by atoms with Crippen molar-refractivity contribution in [3.63, 3.8) is 0 Å². The first-order chi connectivity index (χ1) is 24.1. The average Bonchev–Trinajstić information content (AvgIpc) is 3.61. The Balaban J connectivity index is 1.01. The third-order valence-corrected chi connectivity index (χ3v) is 10.3. The minimum absolute atomic E-state index is 0.0983. The van der Waals surface area contributed by atoms with Crippen LogP contribution in [0.1, 0.15) is 56.6 Å². The van der Waals surface area contributed by atoms with Crippen molar-refractivity contribution in [1.29, 1.82) is 0 Å². The summed E-state index contributed by atoms with van der Waals surface area (Å²) in [5.41, 5.74) is 2.65. The van der Waals surface area contributed by atoms with Crippen molar-refractivity contribution in [2.45, 2.75) is 70.3 Å². The number of hydrogen-bond donors (Lipinski definition) is 1. The molecule has 3 amide bonds. The number of carbonyl (C=O) groups excluding carboxylic acids is 3. The molecular weight excluding hydrogens is 645 g/mol. The van der Waals surface area contributed by atoms with E-state index in [1.165, 1.54) is 4.90 Å². The summed E-state index contributed by atoms with van der Waals surface area (Å²) in [6, 6.07) is 11.6. The number of rotatable bonds is 9. The molecule has 2 bridgehead atoms. The van der Waals surface area contributed by atoms with Crippen LogP contribution in [0.3, 0.4) is 0 Å². The lowest BCUT2D eigenvalue weighted by Crippen LogP contribution is -2.57. The van der Waals surface area contributed by atoms with Gasteiger partial charge in [0, 0.05) is 37.3 Å². The van der Waals surface area contributed by atoms with Crippen LogP contribution < -0.4 is 10.1 Å². The molecule has 7 rings (SSSR count). The van der Waals surface area contributed by atoms with Gasteiger partial charge in [0.05, 0.1) is 25.8 Å². The number of likely N-dealkylation sites (tertiary alicyclic amines) is 3. The third kappa shape index (κ3) is 7.06. The molecule has 2 unspecified atom stereocenters. The fourth-order valence-corrected chi connectivity index (χ4v) is 7.55. The number of nitrogens with one attached hydrogen (secondary N) is 1. The summed E-state index contributed by atoms with van der Waals surface area (Å²) in [6.45, 7) is 9.88. The molecule has 1 aromatic carbocycles. The molecule has 50 heavy (non-hydrogen) atoms. The number of carbonyl (C=O) groups is 3. The number of aromatic nitrogens is 3. The number of halogens is 1. The number of anilines is 1. The van der Waals surface area contributed by atoms with Gasteiger partial charge in [-0.25, -0.2) is 14.0 Å². The maximum Gasteiger partial charge on any atom is 0.410 e. The van der Waals surface area contributed by atoms with Crippen LogP contribution in [0.25, 0.3) is 5.65 Å². The summed E-state index contributed by atoms with van der Waals surface area (Å²) in [7, 11) is 0. The standard InChI is InChI=1S/C36H44FN7O6/c1-22(2)29-15-38-44-30(39-32-25-11-12-26(32)17-43(16-25)36(47)50-28-19-42(20-28)34(45)23(3)37)14-31(40-33(29)44)49-27-10-7-13-41(18-27)35(46)48-21-24-8-5-4-6-9-24/h4-6,8-9,14-15,22,25-28,32,39H,3,7,10-13,16-21H2,1-2H3/t25?,26?,27-,32?/m1/s1.